The van der Waals surface area contributed by atoms with Crippen LogP contribution in [0.1, 0.15) is 11.1 Å². The lowest BCUT2D eigenvalue weighted by Crippen LogP contribution is -2.25. The van der Waals surface area contributed by atoms with Gasteiger partial charge in [-0.15, -0.1) is 0 Å². The molecular weight excluding hydrogens is 709 g/mol. The van der Waals surface area contributed by atoms with E-state index in [1.807, 2.05) is 24.4 Å². The molecule has 6 nitrogen and oxygen atoms in total. The maximum absolute atomic E-state index is 5.53. The first-order chi connectivity index (χ1) is 28.8. The third-order valence-electron chi connectivity index (χ3n) is 11.4. The fraction of sp³-hybridized carbons (Fsp3) is 0. The molecule has 0 aliphatic carbocycles. The van der Waals surface area contributed by atoms with Crippen LogP contribution >= 0.6 is 0 Å². The summed E-state index contributed by atoms with van der Waals surface area (Å²) in [5, 5.41) is 4.27. The standard InChI is InChI=1S/C52H32N6/c1-6-16-33(17-7-1)38-26-28-40-41-29-27-39(34-18-8-2-9-19-34)45-47-51(55-32-42(56-47)35-20-10-3-11-21-35)58(49(41)45)52(57-48(40)44(38)46-50(57)54-31-30-53-46)43(36-22-12-4-13-23-36)37-24-14-5-15-25-37/h1-32H. The number of hydrogen-bond donors (Lipinski definition) is 0. The van der Waals surface area contributed by atoms with Gasteiger partial charge in [0.1, 0.15) is 16.5 Å². The molecule has 5 aromatic heterocycles. The van der Waals surface area contributed by atoms with Crippen LogP contribution in [0.4, 0.5) is 0 Å². The molecule has 12 aromatic rings. The Morgan fingerprint density at radius 2 is 0.845 bits per heavy atom. The Morgan fingerprint density at radius 3 is 1.38 bits per heavy atom. The van der Waals surface area contributed by atoms with Crippen molar-refractivity contribution >= 4 is 60.5 Å². The highest BCUT2D eigenvalue weighted by molar-refractivity contribution is 6.27. The van der Waals surface area contributed by atoms with Gasteiger partial charge in [0.05, 0.1) is 22.9 Å². The van der Waals surface area contributed by atoms with Crippen molar-refractivity contribution in [2.24, 2.45) is 0 Å². The van der Waals surface area contributed by atoms with E-state index < -0.39 is 0 Å². The quantitative estimate of drug-likeness (QED) is 0.176. The van der Waals surface area contributed by atoms with Gasteiger partial charge in [-0.2, -0.15) is 0 Å². The Morgan fingerprint density at radius 1 is 0.397 bits per heavy atom. The largest absolute Gasteiger partial charge is 0.276 e. The number of fused-ring (bicyclic) bond motifs is 7. The van der Waals surface area contributed by atoms with Gasteiger partial charge in [0, 0.05) is 45.1 Å². The lowest BCUT2D eigenvalue weighted by molar-refractivity contribution is 0.998. The van der Waals surface area contributed by atoms with E-state index in [0.717, 1.165) is 111 Å². The van der Waals surface area contributed by atoms with Gasteiger partial charge >= 0.3 is 0 Å². The SMILES string of the molecule is c1ccc(C(c2ccccc2)=c2n3c4nccnc4c4c(-c5ccccc5)ccc(c5ccc(-c6ccccc6)c6c7nc(-c8ccccc8)cnc7n2c56)c43)cc1. The lowest BCUT2D eigenvalue weighted by atomic mass is 9.96. The molecule has 0 aliphatic heterocycles. The normalized spacial score (nSPS) is 11.8. The lowest BCUT2D eigenvalue weighted by Gasteiger charge is -2.11. The van der Waals surface area contributed by atoms with Gasteiger partial charge in [0.2, 0.25) is 0 Å². The van der Waals surface area contributed by atoms with Gasteiger partial charge in [-0.1, -0.05) is 176 Å². The van der Waals surface area contributed by atoms with Crippen LogP contribution in [0.15, 0.2) is 195 Å². The molecule has 0 saturated heterocycles. The molecule has 0 N–H and O–H groups in total. The fourth-order valence-electron chi connectivity index (χ4n) is 8.99. The molecule has 270 valence electrons. The summed E-state index contributed by atoms with van der Waals surface area (Å²) in [5.74, 6) is 0. The van der Waals surface area contributed by atoms with Crippen LogP contribution in [0, 0.1) is 0 Å². The van der Waals surface area contributed by atoms with Gasteiger partial charge in [0.25, 0.3) is 0 Å². The summed E-state index contributed by atoms with van der Waals surface area (Å²) in [7, 11) is 0. The zero-order valence-corrected chi connectivity index (χ0v) is 31.2. The van der Waals surface area contributed by atoms with E-state index in [2.05, 4.69) is 167 Å². The van der Waals surface area contributed by atoms with Crippen LogP contribution in [-0.4, -0.2) is 28.7 Å². The molecule has 0 amide bonds. The van der Waals surface area contributed by atoms with Crippen LogP contribution in [0.5, 0.6) is 0 Å². The third kappa shape index (κ3) is 4.72. The summed E-state index contributed by atoms with van der Waals surface area (Å²) in [6, 6.07) is 62.0. The van der Waals surface area contributed by atoms with Crippen LogP contribution < -0.4 is 5.48 Å². The molecule has 0 saturated carbocycles. The number of nitrogens with zero attached hydrogens (tertiary/aromatic N) is 6. The molecule has 12 rings (SSSR count). The molecule has 0 aliphatic rings. The second-order valence-electron chi connectivity index (χ2n) is 14.6. The zero-order chi connectivity index (χ0) is 38.2. The molecule has 0 bridgehead atoms. The Kier molecular flexibility index (Phi) is 7.13. The first kappa shape index (κ1) is 32.3. The molecular formula is C52H32N6. The third-order valence-corrected chi connectivity index (χ3v) is 11.4. The van der Waals surface area contributed by atoms with Gasteiger partial charge in [-0.3, -0.25) is 13.8 Å². The molecule has 58 heavy (non-hydrogen) atoms. The van der Waals surface area contributed by atoms with Crippen LogP contribution in [-0.2, 0) is 0 Å². The zero-order valence-electron chi connectivity index (χ0n) is 31.2. The van der Waals surface area contributed by atoms with E-state index in [-0.39, 0.29) is 0 Å². The first-order valence-corrected chi connectivity index (χ1v) is 19.5. The summed E-state index contributed by atoms with van der Waals surface area (Å²) >= 11 is 0. The highest BCUT2D eigenvalue weighted by Crippen LogP contribution is 2.43. The molecule has 0 spiro atoms. The van der Waals surface area contributed by atoms with E-state index >= 15 is 0 Å². The van der Waals surface area contributed by atoms with Gasteiger partial charge in [0.15, 0.2) is 11.3 Å². The van der Waals surface area contributed by atoms with E-state index in [9.17, 15) is 0 Å². The van der Waals surface area contributed by atoms with Crippen LogP contribution in [0.2, 0.25) is 0 Å². The maximum atomic E-state index is 5.53. The van der Waals surface area contributed by atoms with Crippen molar-refractivity contribution in [3.8, 4) is 33.5 Å². The summed E-state index contributed by atoms with van der Waals surface area (Å²) in [5.41, 5.74) is 15.6. The number of rotatable bonds is 5. The molecule has 0 fully saturated rings. The molecule has 5 heterocycles. The number of aromatic nitrogens is 6. The van der Waals surface area contributed by atoms with Crippen LogP contribution in [0.25, 0.3) is 94.0 Å². The summed E-state index contributed by atoms with van der Waals surface area (Å²) in [4.78, 5) is 21.2. The average molecular weight is 741 g/mol. The van der Waals surface area contributed by atoms with E-state index in [1.54, 1.807) is 12.4 Å². The minimum Gasteiger partial charge on any atom is -0.276 e. The number of benzene rings is 7. The highest BCUT2D eigenvalue weighted by atomic mass is 15.1. The van der Waals surface area contributed by atoms with Crippen molar-refractivity contribution in [3.05, 3.63) is 211 Å². The fourth-order valence-corrected chi connectivity index (χ4v) is 8.99. The maximum Gasteiger partial charge on any atom is 0.165 e. The molecule has 0 atom stereocenters. The Labute approximate surface area is 332 Å². The summed E-state index contributed by atoms with van der Waals surface area (Å²) in [6.45, 7) is 0. The Balaban J connectivity index is 1.45. The molecule has 0 radical (unpaired) electrons. The number of hydrogen-bond acceptors (Lipinski definition) is 4. The first-order valence-electron chi connectivity index (χ1n) is 19.5. The van der Waals surface area contributed by atoms with E-state index in [1.165, 1.54) is 0 Å². The molecule has 7 aromatic carbocycles. The van der Waals surface area contributed by atoms with Crippen molar-refractivity contribution in [1.82, 2.24) is 28.7 Å². The Hall–Kier alpha value is -7.96. The highest BCUT2D eigenvalue weighted by Gasteiger charge is 2.27. The van der Waals surface area contributed by atoms with Crippen LogP contribution in [0.3, 0.4) is 0 Å². The summed E-state index contributed by atoms with van der Waals surface area (Å²) in [6.07, 6.45) is 5.52. The van der Waals surface area contributed by atoms with Gasteiger partial charge in [-0.25, -0.2) is 15.0 Å². The predicted molar refractivity (Wildman–Crippen MR) is 236 cm³/mol. The van der Waals surface area contributed by atoms with Gasteiger partial charge in [-0.05, 0) is 33.4 Å². The topological polar surface area (TPSA) is 60.4 Å². The second-order valence-corrected chi connectivity index (χ2v) is 14.6. The molecule has 6 heteroatoms. The van der Waals surface area contributed by atoms with Crippen molar-refractivity contribution in [2.75, 3.05) is 0 Å². The second kappa shape index (κ2) is 12.8. The van der Waals surface area contributed by atoms with Crippen molar-refractivity contribution in [2.45, 2.75) is 0 Å². The van der Waals surface area contributed by atoms with E-state index in [4.69, 9.17) is 19.9 Å². The van der Waals surface area contributed by atoms with Gasteiger partial charge < -0.3 is 0 Å². The van der Waals surface area contributed by atoms with Crippen molar-refractivity contribution < 1.29 is 0 Å². The minimum absolute atomic E-state index is 0.758. The Bertz CT molecular complexity index is 3540. The van der Waals surface area contributed by atoms with Crippen molar-refractivity contribution in [1.29, 1.82) is 0 Å². The predicted octanol–water partition coefficient (Wildman–Crippen LogP) is 11.4. The van der Waals surface area contributed by atoms with Crippen molar-refractivity contribution in [3.63, 3.8) is 0 Å². The minimum atomic E-state index is 0.758. The van der Waals surface area contributed by atoms with E-state index in [0.29, 0.717) is 0 Å². The monoisotopic (exact) mass is 740 g/mol. The average Bonchev–Trinajstić information content (AvgIpc) is 3.79. The summed E-state index contributed by atoms with van der Waals surface area (Å²) < 4.78 is 4.71. The molecule has 0 unspecified atom stereocenters. The smallest absolute Gasteiger partial charge is 0.165 e.